The van der Waals surface area contributed by atoms with Gasteiger partial charge in [0.1, 0.15) is 5.82 Å². The minimum atomic E-state index is 0.0665. The molecule has 0 saturated carbocycles. The number of aromatic nitrogens is 3. The summed E-state index contributed by atoms with van der Waals surface area (Å²) < 4.78 is 5.11. The molecule has 0 spiro atoms. The topological polar surface area (TPSA) is 94.9 Å². The van der Waals surface area contributed by atoms with Crippen LogP contribution in [0.2, 0.25) is 0 Å². The summed E-state index contributed by atoms with van der Waals surface area (Å²) in [6.45, 7) is 6.15. The van der Waals surface area contributed by atoms with Crippen molar-refractivity contribution in [3.05, 3.63) is 70.0 Å². The summed E-state index contributed by atoms with van der Waals surface area (Å²) >= 11 is 0. The molecule has 3 aromatic rings. The van der Waals surface area contributed by atoms with Crippen molar-refractivity contribution >= 4 is 5.91 Å². The number of piperidine rings is 1. The number of ether oxygens (including phenoxy) is 1. The number of hydrogen-bond donors (Lipinski definition) is 1. The highest BCUT2D eigenvalue weighted by molar-refractivity contribution is 5.97. The molecule has 34 heavy (non-hydrogen) atoms. The first-order valence-corrected chi connectivity index (χ1v) is 11.8. The molecule has 7 heteroatoms. The minimum absolute atomic E-state index is 0.0665. The Morgan fingerprint density at radius 1 is 1.15 bits per heavy atom. The molecule has 0 atom stereocenters. The van der Waals surface area contributed by atoms with Gasteiger partial charge in [-0.05, 0) is 73.9 Å². The van der Waals surface area contributed by atoms with Crippen molar-refractivity contribution in [1.82, 2.24) is 20.1 Å². The number of amides is 1. The molecule has 2 heterocycles. The number of nitrogens with one attached hydrogen (secondary N) is 1. The van der Waals surface area contributed by atoms with Gasteiger partial charge in [-0.3, -0.25) is 4.79 Å². The summed E-state index contributed by atoms with van der Waals surface area (Å²) in [6.07, 6.45) is 3.48. The van der Waals surface area contributed by atoms with Crippen molar-refractivity contribution in [2.45, 2.75) is 45.4 Å². The number of rotatable bonds is 7. The number of carbonyl (C=O) groups is 1. The zero-order valence-electron chi connectivity index (χ0n) is 20.1. The van der Waals surface area contributed by atoms with Crippen LogP contribution in [0.25, 0.3) is 11.4 Å². The van der Waals surface area contributed by atoms with Crippen LogP contribution in [-0.4, -0.2) is 52.8 Å². The van der Waals surface area contributed by atoms with Gasteiger partial charge in [0.15, 0.2) is 5.82 Å². The number of methoxy groups -OCH3 is 1. The predicted molar refractivity (Wildman–Crippen MR) is 131 cm³/mol. The number of benzene rings is 2. The van der Waals surface area contributed by atoms with E-state index in [1.807, 2.05) is 49.1 Å². The molecule has 176 valence electrons. The van der Waals surface area contributed by atoms with Gasteiger partial charge >= 0.3 is 0 Å². The number of nitriles is 1. The highest BCUT2D eigenvalue weighted by atomic mass is 16.5. The molecule has 1 saturated heterocycles. The van der Waals surface area contributed by atoms with Crippen LogP contribution < -0.4 is 0 Å². The minimum Gasteiger partial charge on any atom is -0.385 e. The van der Waals surface area contributed by atoms with Gasteiger partial charge in [-0.15, -0.1) is 10.2 Å². The molecule has 0 radical (unpaired) electrons. The zero-order valence-corrected chi connectivity index (χ0v) is 20.1. The van der Waals surface area contributed by atoms with Crippen LogP contribution in [0, 0.1) is 25.2 Å². The monoisotopic (exact) mass is 457 g/mol. The second-order valence-corrected chi connectivity index (χ2v) is 9.00. The van der Waals surface area contributed by atoms with E-state index in [-0.39, 0.29) is 5.91 Å². The van der Waals surface area contributed by atoms with E-state index in [1.54, 1.807) is 7.11 Å². The van der Waals surface area contributed by atoms with Crippen LogP contribution in [0.4, 0.5) is 0 Å². The van der Waals surface area contributed by atoms with Crippen molar-refractivity contribution in [2.75, 3.05) is 26.8 Å². The number of likely N-dealkylation sites (tertiary alicyclic amines) is 1. The summed E-state index contributed by atoms with van der Waals surface area (Å²) in [5, 5.41) is 17.6. The lowest BCUT2D eigenvalue weighted by Gasteiger charge is -2.32. The average molecular weight is 458 g/mol. The Morgan fingerprint density at radius 2 is 1.88 bits per heavy atom. The molecule has 1 aliphatic rings. The third-order valence-corrected chi connectivity index (χ3v) is 6.65. The second kappa shape index (κ2) is 10.6. The van der Waals surface area contributed by atoms with Gasteiger partial charge in [-0.25, -0.2) is 0 Å². The normalized spacial score (nSPS) is 14.2. The molecule has 0 unspecified atom stereocenters. The first-order chi connectivity index (χ1) is 16.5. The summed E-state index contributed by atoms with van der Waals surface area (Å²) in [6, 6.07) is 14.0. The molecule has 1 amide bonds. The van der Waals surface area contributed by atoms with Gasteiger partial charge in [-0.2, -0.15) is 5.26 Å². The number of H-pyrrole nitrogens is 1. The van der Waals surface area contributed by atoms with Crippen LogP contribution in [-0.2, 0) is 11.2 Å². The summed E-state index contributed by atoms with van der Waals surface area (Å²) in [5.41, 5.74) is 5.58. The Kier molecular flexibility index (Phi) is 7.39. The van der Waals surface area contributed by atoms with Crippen LogP contribution in [0.15, 0.2) is 36.4 Å². The SMILES string of the molecule is COCCCc1nnc(-c2cc(C(=O)N3CCC(c4ccc(C#N)cc4)CC3)c(C)cc2C)[nH]1. The maximum Gasteiger partial charge on any atom is 0.254 e. The standard InChI is InChI=1S/C27H31N5O2/c1-18-15-19(2)24(16-23(18)26-29-25(30-31-26)5-4-14-34-3)27(33)32-12-10-22(11-13-32)21-8-6-20(17-28)7-9-21/h6-9,15-16,22H,4-5,10-14H2,1-3H3,(H,29,30,31). The van der Waals surface area contributed by atoms with Crippen molar-refractivity contribution in [1.29, 1.82) is 5.26 Å². The number of hydrogen-bond acceptors (Lipinski definition) is 5. The molecule has 1 aliphatic heterocycles. The van der Waals surface area contributed by atoms with E-state index in [0.717, 1.165) is 66.9 Å². The van der Waals surface area contributed by atoms with Crippen LogP contribution in [0.3, 0.4) is 0 Å². The lowest BCUT2D eigenvalue weighted by Crippen LogP contribution is -2.38. The third-order valence-electron chi connectivity index (χ3n) is 6.65. The molecular weight excluding hydrogens is 426 g/mol. The van der Waals surface area contributed by atoms with Gasteiger partial charge in [0.2, 0.25) is 0 Å². The molecule has 2 aromatic carbocycles. The molecule has 1 N–H and O–H groups in total. The molecule has 1 fully saturated rings. The van der Waals surface area contributed by atoms with E-state index < -0.39 is 0 Å². The van der Waals surface area contributed by atoms with Crippen molar-refractivity contribution in [3.63, 3.8) is 0 Å². The Labute approximate surface area is 200 Å². The predicted octanol–water partition coefficient (Wildman–Crippen LogP) is 4.56. The fourth-order valence-electron chi connectivity index (χ4n) is 4.67. The Bertz CT molecular complexity index is 1180. The second-order valence-electron chi connectivity index (χ2n) is 9.00. The molecule has 0 bridgehead atoms. The van der Waals surface area contributed by atoms with Gasteiger partial charge in [-0.1, -0.05) is 18.2 Å². The van der Waals surface area contributed by atoms with Crippen molar-refractivity contribution in [2.24, 2.45) is 0 Å². The first-order valence-electron chi connectivity index (χ1n) is 11.8. The van der Waals surface area contributed by atoms with Crippen LogP contribution >= 0.6 is 0 Å². The van der Waals surface area contributed by atoms with E-state index in [1.165, 1.54) is 5.56 Å². The molecule has 7 nitrogen and oxygen atoms in total. The summed E-state index contributed by atoms with van der Waals surface area (Å²) in [5.74, 6) is 2.00. The Morgan fingerprint density at radius 3 is 2.56 bits per heavy atom. The summed E-state index contributed by atoms with van der Waals surface area (Å²) in [4.78, 5) is 18.7. The maximum atomic E-state index is 13.5. The zero-order chi connectivity index (χ0) is 24.1. The van der Waals surface area contributed by atoms with E-state index in [4.69, 9.17) is 10.00 Å². The number of aryl methyl sites for hydroxylation is 3. The van der Waals surface area contributed by atoms with E-state index in [0.29, 0.717) is 23.9 Å². The Hall–Kier alpha value is -3.50. The van der Waals surface area contributed by atoms with E-state index in [2.05, 4.69) is 27.3 Å². The number of nitrogens with zero attached hydrogens (tertiary/aromatic N) is 4. The smallest absolute Gasteiger partial charge is 0.254 e. The Balaban J connectivity index is 1.46. The molecule has 1 aromatic heterocycles. The highest BCUT2D eigenvalue weighted by Crippen LogP contribution is 2.30. The maximum absolute atomic E-state index is 13.5. The highest BCUT2D eigenvalue weighted by Gasteiger charge is 2.26. The largest absolute Gasteiger partial charge is 0.385 e. The lowest BCUT2D eigenvalue weighted by atomic mass is 9.88. The molecular formula is C27H31N5O2. The van der Waals surface area contributed by atoms with Crippen LogP contribution in [0.5, 0.6) is 0 Å². The van der Waals surface area contributed by atoms with E-state index in [9.17, 15) is 4.79 Å². The van der Waals surface area contributed by atoms with Crippen LogP contribution in [0.1, 0.15) is 63.6 Å². The summed E-state index contributed by atoms with van der Waals surface area (Å²) in [7, 11) is 1.69. The average Bonchev–Trinajstić information content (AvgIpc) is 3.33. The van der Waals surface area contributed by atoms with Gasteiger partial charge in [0, 0.05) is 44.4 Å². The fourth-order valence-corrected chi connectivity index (χ4v) is 4.67. The molecule has 0 aliphatic carbocycles. The molecule has 4 rings (SSSR count). The first kappa shape index (κ1) is 23.7. The van der Waals surface area contributed by atoms with Crippen molar-refractivity contribution in [3.8, 4) is 17.5 Å². The third kappa shape index (κ3) is 5.18. The number of aromatic amines is 1. The van der Waals surface area contributed by atoms with Gasteiger partial charge < -0.3 is 14.6 Å². The van der Waals surface area contributed by atoms with Crippen molar-refractivity contribution < 1.29 is 9.53 Å². The lowest BCUT2D eigenvalue weighted by molar-refractivity contribution is 0.0712. The van der Waals surface area contributed by atoms with Gasteiger partial charge in [0.05, 0.1) is 11.6 Å². The van der Waals surface area contributed by atoms with Gasteiger partial charge in [0.25, 0.3) is 5.91 Å². The quantitative estimate of drug-likeness (QED) is 0.525. The number of carbonyl (C=O) groups excluding carboxylic acids is 1. The van der Waals surface area contributed by atoms with E-state index >= 15 is 0 Å². The fraction of sp³-hybridized carbons (Fsp3) is 0.407.